The average molecular weight is 454 g/mol. The second kappa shape index (κ2) is 6.08. The zero-order chi connectivity index (χ0) is 19.9. The van der Waals surface area contributed by atoms with Crippen LogP contribution in [0.15, 0.2) is 40.9 Å². The molecule has 6 rings (SSSR count). The van der Waals surface area contributed by atoms with Crippen LogP contribution in [0.4, 0.5) is 0 Å². The van der Waals surface area contributed by atoms with Crippen molar-refractivity contribution in [2.24, 2.45) is 5.92 Å². The number of hydrogen-bond donors (Lipinski definition) is 0. The van der Waals surface area contributed by atoms with Crippen LogP contribution >= 0.6 is 15.9 Å². The number of ether oxygens (including phenoxy) is 2. The number of halogens is 1. The van der Waals surface area contributed by atoms with Gasteiger partial charge in [-0.05, 0) is 68.1 Å². The summed E-state index contributed by atoms with van der Waals surface area (Å²) in [5.74, 6) is 2.13. The summed E-state index contributed by atoms with van der Waals surface area (Å²) in [6, 6.07) is 12.9. The van der Waals surface area contributed by atoms with E-state index in [1.54, 1.807) is 7.11 Å². The SMILES string of the molecule is COc1ccc2c3c1O[C@H]1C(=O)[C@@H](c4ccc(Br)cc4)C[C@H]4[C@@H](C2)N(C)CC[C@]314. The van der Waals surface area contributed by atoms with Crippen molar-refractivity contribution in [3.8, 4) is 11.5 Å². The van der Waals surface area contributed by atoms with Gasteiger partial charge in [-0.1, -0.05) is 34.1 Å². The molecule has 1 saturated carbocycles. The Morgan fingerprint density at radius 1 is 1.21 bits per heavy atom. The van der Waals surface area contributed by atoms with Crippen molar-refractivity contribution in [2.75, 3.05) is 20.7 Å². The van der Waals surface area contributed by atoms with E-state index in [1.165, 1.54) is 11.1 Å². The molecule has 0 unspecified atom stereocenters. The first-order valence-corrected chi connectivity index (χ1v) is 11.2. The molecule has 0 amide bonds. The molecule has 2 heterocycles. The van der Waals surface area contributed by atoms with Crippen molar-refractivity contribution in [3.05, 3.63) is 57.6 Å². The lowest BCUT2D eigenvalue weighted by Gasteiger charge is -2.58. The zero-order valence-corrected chi connectivity index (χ0v) is 18.2. The van der Waals surface area contributed by atoms with Crippen molar-refractivity contribution in [3.63, 3.8) is 0 Å². The number of hydrogen-bond acceptors (Lipinski definition) is 4. The Hall–Kier alpha value is -1.85. The maximum Gasteiger partial charge on any atom is 0.181 e. The van der Waals surface area contributed by atoms with Crippen molar-refractivity contribution in [2.45, 2.75) is 42.7 Å². The fourth-order valence-corrected chi connectivity index (χ4v) is 6.93. The molecule has 0 aromatic heterocycles. The first-order chi connectivity index (χ1) is 14.0. The maximum atomic E-state index is 13.8. The number of likely N-dealkylation sites (N-methyl/N-ethyl adjacent to an activating group) is 1. The second-order valence-electron chi connectivity index (χ2n) is 9.02. The Kier molecular flexibility index (Phi) is 3.77. The molecule has 29 heavy (non-hydrogen) atoms. The van der Waals surface area contributed by atoms with Crippen LogP contribution in [-0.2, 0) is 16.6 Å². The van der Waals surface area contributed by atoms with Gasteiger partial charge in [0.15, 0.2) is 23.4 Å². The summed E-state index contributed by atoms with van der Waals surface area (Å²) >= 11 is 3.51. The molecule has 4 nitrogen and oxygen atoms in total. The summed E-state index contributed by atoms with van der Waals surface area (Å²) in [5.41, 5.74) is 3.52. The van der Waals surface area contributed by atoms with Gasteiger partial charge in [0.05, 0.1) is 7.11 Å². The number of piperidine rings is 1. The van der Waals surface area contributed by atoms with E-state index in [9.17, 15) is 4.79 Å². The Morgan fingerprint density at radius 3 is 2.76 bits per heavy atom. The van der Waals surface area contributed by atoms with Crippen LogP contribution in [0, 0.1) is 5.92 Å². The predicted molar refractivity (Wildman–Crippen MR) is 114 cm³/mol. The first-order valence-electron chi connectivity index (χ1n) is 10.4. The fraction of sp³-hybridized carbons (Fsp3) is 0.458. The number of carbonyl (C=O) groups is 1. The van der Waals surface area contributed by atoms with E-state index in [0.29, 0.717) is 12.0 Å². The minimum absolute atomic E-state index is 0.109. The molecule has 4 aliphatic rings. The molecule has 2 aromatic carbocycles. The smallest absolute Gasteiger partial charge is 0.181 e. The fourth-order valence-electron chi connectivity index (χ4n) is 6.67. The molecule has 0 radical (unpaired) electrons. The van der Waals surface area contributed by atoms with E-state index >= 15 is 0 Å². The summed E-state index contributed by atoms with van der Waals surface area (Å²) in [6.07, 6.45) is 2.48. The highest BCUT2D eigenvalue weighted by molar-refractivity contribution is 9.10. The Morgan fingerprint density at radius 2 is 2.00 bits per heavy atom. The largest absolute Gasteiger partial charge is 0.493 e. The topological polar surface area (TPSA) is 38.8 Å². The molecule has 150 valence electrons. The molecule has 2 bridgehead atoms. The van der Waals surface area contributed by atoms with Crippen molar-refractivity contribution < 1.29 is 14.3 Å². The van der Waals surface area contributed by atoms with Gasteiger partial charge < -0.3 is 14.4 Å². The van der Waals surface area contributed by atoms with Gasteiger partial charge in [-0.25, -0.2) is 0 Å². The normalized spacial score (nSPS) is 34.5. The third-order valence-corrected chi connectivity index (χ3v) is 8.49. The summed E-state index contributed by atoms with van der Waals surface area (Å²) in [5, 5.41) is 0. The molecule has 1 saturated heterocycles. The van der Waals surface area contributed by atoms with E-state index in [2.05, 4.69) is 46.1 Å². The van der Waals surface area contributed by atoms with Crippen LogP contribution in [0.1, 0.15) is 35.4 Å². The van der Waals surface area contributed by atoms with Crippen LogP contribution in [0.2, 0.25) is 0 Å². The highest BCUT2D eigenvalue weighted by atomic mass is 79.9. The molecular formula is C24H24BrNO3. The number of Topliss-reactive ketones (excluding diaryl/α,β-unsaturated/α-hetero) is 1. The van der Waals surface area contributed by atoms with Gasteiger partial charge in [-0.2, -0.15) is 0 Å². The van der Waals surface area contributed by atoms with Gasteiger partial charge in [-0.15, -0.1) is 0 Å². The quantitative estimate of drug-likeness (QED) is 0.686. The number of benzene rings is 2. The molecule has 2 aliphatic carbocycles. The number of methoxy groups -OCH3 is 1. The Labute approximate surface area is 179 Å². The Bertz CT molecular complexity index is 1020. The molecule has 0 N–H and O–H groups in total. The number of ketones is 1. The lowest BCUT2D eigenvalue weighted by atomic mass is 9.49. The van der Waals surface area contributed by atoms with E-state index in [1.807, 2.05) is 18.2 Å². The van der Waals surface area contributed by atoms with Crippen LogP contribution in [0.5, 0.6) is 11.5 Å². The summed E-state index contributed by atoms with van der Waals surface area (Å²) in [7, 11) is 3.92. The lowest BCUT2D eigenvalue weighted by molar-refractivity contribution is -0.140. The van der Waals surface area contributed by atoms with Crippen molar-refractivity contribution >= 4 is 21.7 Å². The highest BCUT2D eigenvalue weighted by Gasteiger charge is 2.67. The van der Waals surface area contributed by atoms with Crippen molar-refractivity contribution in [1.82, 2.24) is 4.90 Å². The highest BCUT2D eigenvalue weighted by Crippen LogP contribution is 2.64. The van der Waals surface area contributed by atoms with Gasteiger partial charge in [-0.3, -0.25) is 4.79 Å². The molecule has 2 aromatic rings. The standard InChI is InChI=1S/C24H24BrNO3/c1-26-10-9-24-17-12-16(13-3-6-15(25)7-4-13)21(27)23(24)29-22-19(28-2)8-5-14(20(22)24)11-18(17)26/h3-8,16-18,23H,9-12H2,1-2H3/t16-,17+,18-,23+,24+/m1/s1. The monoisotopic (exact) mass is 453 g/mol. The second-order valence-corrected chi connectivity index (χ2v) is 9.94. The summed E-state index contributed by atoms with van der Waals surface area (Å²) in [4.78, 5) is 16.3. The number of rotatable bonds is 2. The number of carbonyl (C=O) groups excluding carboxylic acids is 1. The first kappa shape index (κ1) is 18.0. The van der Waals surface area contributed by atoms with Gasteiger partial charge in [0.1, 0.15) is 0 Å². The van der Waals surface area contributed by atoms with Gasteiger partial charge in [0, 0.05) is 27.4 Å². The Balaban J connectivity index is 1.54. The predicted octanol–water partition coefficient (Wildman–Crippen LogP) is 4.09. The molecule has 2 aliphatic heterocycles. The van der Waals surface area contributed by atoms with Gasteiger partial charge in [0.25, 0.3) is 0 Å². The molecule has 2 fully saturated rings. The van der Waals surface area contributed by atoms with Crippen LogP contribution in [0.25, 0.3) is 0 Å². The van der Waals surface area contributed by atoms with E-state index in [0.717, 1.165) is 47.3 Å². The van der Waals surface area contributed by atoms with E-state index in [-0.39, 0.29) is 17.1 Å². The third-order valence-electron chi connectivity index (χ3n) is 7.96. The molecular weight excluding hydrogens is 430 g/mol. The average Bonchev–Trinajstić information content (AvgIpc) is 3.08. The lowest BCUT2D eigenvalue weighted by Crippen LogP contribution is -2.66. The van der Waals surface area contributed by atoms with Crippen molar-refractivity contribution in [1.29, 1.82) is 0 Å². The maximum absolute atomic E-state index is 13.8. The van der Waals surface area contributed by atoms with E-state index in [4.69, 9.17) is 9.47 Å². The number of nitrogens with zero attached hydrogens (tertiary/aromatic N) is 1. The van der Waals surface area contributed by atoms with Crippen LogP contribution in [-0.4, -0.2) is 43.5 Å². The third kappa shape index (κ3) is 2.21. The molecule has 1 spiro atoms. The minimum Gasteiger partial charge on any atom is -0.493 e. The minimum atomic E-state index is -0.406. The molecule has 5 atom stereocenters. The number of likely N-dealkylation sites (tertiary alicyclic amines) is 1. The van der Waals surface area contributed by atoms with Crippen LogP contribution in [0.3, 0.4) is 0 Å². The van der Waals surface area contributed by atoms with Crippen LogP contribution < -0.4 is 9.47 Å². The van der Waals surface area contributed by atoms with Gasteiger partial charge in [0.2, 0.25) is 0 Å². The molecule has 5 heteroatoms. The van der Waals surface area contributed by atoms with E-state index < -0.39 is 6.10 Å². The summed E-state index contributed by atoms with van der Waals surface area (Å²) < 4.78 is 13.2. The zero-order valence-electron chi connectivity index (χ0n) is 16.7. The van der Waals surface area contributed by atoms with Gasteiger partial charge >= 0.3 is 0 Å². The summed E-state index contributed by atoms with van der Waals surface area (Å²) in [6.45, 7) is 1.01.